The van der Waals surface area contributed by atoms with E-state index in [0.29, 0.717) is 11.3 Å². The summed E-state index contributed by atoms with van der Waals surface area (Å²) >= 11 is 0. The molecule has 1 amide bonds. The Labute approximate surface area is 156 Å². The van der Waals surface area contributed by atoms with Gasteiger partial charge in [0.15, 0.2) is 5.76 Å². The van der Waals surface area contributed by atoms with Crippen molar-refractivity contribution in [1.29, 1.82) is 0 Å². The summed E-state index contributed by atoms with van der Waals surface area (Å²) in [6.07, 6.45) is 5.59. The van der Waals surface area contributed by atoms with Gasteiger partial charge in [-0.3, -0.25) is 9.59 Å². The van der Waals surface area contributed by atoms with E-state index in [1.54, 1.807) is 24.1 Å². The van der Waals surface area contributed by atoms with Gasteiger partial charge in [0, 0.05) is 22.5 Å². The molecule has 0 atom stereocenters. The Balaban J connectivity index is 1.70. The maximum absolute atomic E-state index is 13.0. The molecule has 27 heavy (non-hydrogen) atoms. The van der Waals surface area contributed by atoms with Crippen molar-refractivity contribution in [2.45, 2.75) is 38.3 Å². The van der Waals surface area contributed by atoms with Crippen molar-refractivity contribution < 1.29 is 13.9 Å². The maximum Gasteiger partial charge on any atom is 0.290 e. The average Bonchev–Trinajstić information content (AvgIpc) is 3.39. The zero-order valence-corrected chi connectivity index (χ0v) is 15.2. The van der Waals surface area contributed by atoms with Crippen molar-refractivity contribution in [1.82, 2.24) is 9.88 Å². The summed E-state index contributed by atoms with van der Waals surface area (Å²) in [5.41, 5.74) is 1.12. The zero-order valence-electron chi connectivity index (χ0n) is 15.2. The molecule has 2 heterocycles. The number of aromatic nitrogens is 1. The molecular weight excluding hydrogens is 344 g/mol. The van der Waals surface area contributed by atoms with Gasteiger partial charge in [-0.15, -0.1) is 0 Å². The molecule has 4 rings (SSSR count). The highest BCUT2D eigenvalue weighted by molar-refractivity contribution is 5.91. The second-order valence-corrected chi connectivity index (χ2v) is 6.93. The van der Waals surface area contributed by atoms with Crippen LogP contribution in [-0.2, 0) is 6.54 Å². The number of amides is 1. The minimum absolute atomic E-state index is 0.128. The first-order valence-electron chi connectivity index (χ1n) is 9.20. The number of H-pyrrole nitrogens is 1. The first kappa shape index (κ1) is 17.4. The Morgan fingerprint density at radius 3 is 2.78 bits per heavy atom. The number of nitrogens with zero attached hydrogens (tertiary/aromatic N) is 1. The van der Waals surface area contributed by atoms with Crippen LogP contribution in [0, 0.1) is 0 Å². The van der Waals surface area contributed by atoms with Gasteiger partial charge in [0.1, 0.15) is 5.75 Å². The summed E-state index contributed by atoms with van der Waals surface area (Å²) in [6, 6.07) is 10.8. The fraction of sp³-hybridized carbons (Fsp3) is 0.333. The van der Waals surface area contributed by atoms with Crippen LogP contribution in [0.15, 0.2) is 51.9 Å². The summed E-state index contributed by atoms with van der Waals surface area (Å²) < 4.78 is 10.6. The van der Waals surface area contributed by atoms with Crippen molar-refractivity contribution in [2.24, 2.45) is 0 Å². The van der Waals surface area contributed by atoms with Crippen LogP contribution in [0.1, 0.15) is 41.8 Å². The van der Waals surface area contributed by atoms with Crippen molar-refractivity contribution in [3.8, 4) is 5.75 Å². The second kappa shape index (κ2) is 7.31. The molecule has 0 aliphatic heterocycles. The van der Waals surface area contributed by atoms with E-state index in [9.17, 15) is 9.59 Å². The van der Waals surface area contributed by atoms with Gasteiger partial charge in [-0.05, 0) is 49.2 Å². The molecule has 0 saturated heterocycles. The van der Waals surface area contributed by atoms with E-state index < -0.39 is 0 Å². The number of benzene rings is 1. The van der Waals surface area contributed by atoms with Crippen LogP contribution in [0.2, 0.25) is 0 Å². The third kappa shape index (κ3) is 3.47. The van der Waals surface area contributed by atoms with Gasteiger partial charge in [0.05, 0.1) is 19.9 Å². The number of fused-ring (bicyclic) bond motifs is 1. The second-order valence-electron chi connectivity index (χ2n) is 6.93. The molecular formula is C21H22N2O4. The van der Waals surface area contributed by atoms with Crippen LogP contribution >= 0.6 is 0 Å². The van der Waals surface area contributed by atoms with Crippen LogP contribution in [0.5, 0.6) is 5.75 Å². The van der Waals surface area contributed by atoms with Crippen LogP contribution in [-0.4, -0.2) is 28.9 Å². The lowest BCUT2D eigenvalue weighted by Crippen LogP contribution is -2.39. The minimum Gasteiger partial charge on any atom is -0.497 e. The molecule has 1 aliphatic rings. The molecule has 1 aliphatic carbocycles. The normalized spacial score (nSPS) is 14.6. The summed E-state index contributed by atoms with van der Waals surface area (Å²) in [4.78, 5) is 30.3. The van der Waals surface area contributed by atoms with Gasteiger partial charge in [0.25, 0.3) is 11.5 Å². The van der Waals surface area contributed by atoms with E-state index in [-0.39, 0.29) is 24.1 Å². The van der Waals surface area contributed by atoms with Gasteiger partial charge in [-0.2, -0.15) is 0 Å². The number of furan rings is 1. The predicted octanol–water partition coefficient (Wildman–Crippen LogP) is 3.71. The summed E-state index contributed by atoms with van der Waals surface area (Å²) in [5, 5.41) is 0.876. The molecule has 1 fully saturated rings. The number of carbonyl (C=O) groups is 1. The van der Waals surface area contributed by atoms with E-state index in [2.05, 4.69) is 4.98 Å². The highest BCUT2D eigenvalue weighted by atomic mass is 16.5. The molecule has 0 radical (unpaired) electrons. The number of ether oxygens (including phenoxy) is 1. The predicted molar refractivity (Wildman–Crippen MR) is 102 cm³/mol. The van der Waals surface area contributed by atoms with E-state index >= 15 is 0 Å². The van der Waals surface area contributed by atoms with Crippen molar-refractivity contribution in [3.63, 3.8) is 0 Å². The SMILES string of the molecule is COc1ccc2[nH]c(=O)c(CN(C(=O)c3ccco3)C3CCCC3)cc2c1. The number of hydrogen-bond acceptors (Lipinski definition) is 4. The molecule has 0 spiro atoms. The first-order chi connectivity index (χ1) is 13.2. The fourth-order valence-corrected chi connectivity index (χ4v) is 3.78. The number of rotatable bonds is 5. The quantitative estimate of drug-likeness (QED) is 0.747. The molecule has 1 saturated carbocycles. The van der Waals surface area contributed by atoms with E-state index in [4.69, 9.17) is 9.15 Å². The third-order valence-electron chi connectivity index (χ3n) is 5.23. The molecule has 140 valence electrons. The lowest BCUT2D eigenvalue weighted by molar-refractivity contribution is 0.0631. The molecule has 3 aromatic rings. The molecule has 2 aromatic heterocycles. The number of carbonyl (C=O) groups excluding carboxylic acids is 1. The van der Waals surface area contributed by atoms with Gasteiger partial charge < -0.3 is 19.0 Å². The lowest BCUT2D eigenvalue weighted by Gasteiger charge is -2.28. The van der Waals surface area contributed by atoms with Crippen molar-refractivity contribution in [2.75, 3.05) is 7.11 Å². The number of methoxy groups -OCH3 is 1. The first-order valence-corrected chi connectivity index (χ1v) is 9.20. The van der Waals surface area contributed by atoms with Crippen LogP contribution < -0.4 is 10.3 Å². The Bertz CT molecular complexity index is 1000. The van der Waals surface area contributed by atoms with Gasteiger partial charge >= 0.3 is 0 Å². The molecule has 0 bridgehead atoms. The molecule has 6 heteroatoms. The molecule has 1 N–H and O–H groups in total. The minimum atomic E-state index is -0.178. The largest absolute Gasteiger partial charge is 0.497 e. The fourth-order valence-electron chi connectivity index (χ4n) is 3.78. The van der Waals surface area contributed by atoms with Gasteiger partial charge in [0.2, 0.25) is 0 Å². The number of aromatic amines is 1. The molecule has 0 unspecified atom stereocenters. The summed E-state index contributed by atoms with van der Waals surface area (Å²) in [7, 11) is 1.61. The van der Waals surface area contributed by atoms with Crippen LogP contribution in [0.3, 0.4) is 0 Å². The van der Waals surface area contributed by atoms with E-state index in [1.807, 2.05) is 24.3 Å². The van der Waals surface area contributed by atoms with Crippen molar-refractivity contribution >= 4 is 16.8 Å². The monoisotopic (exact) mass is 366 g/mol. The number of pyridine rings is 1. The molecule has 1 aromatic carbocycles. The summed E-state index contributed by atoms with van der Waals surface area (Å²) in [5.74, 6) is 0.859. The number of hydrogen-bond donors (Lipinski definition) is 1. The number of nitrogens with one attached hydrogen (secondary N) is 1. The Hall–Kier alpha value is -3.02. The Kier molecular flexibility index (Phi) is 4.71. The topological polar surface area (TPSA) is 75.5 Å². The Morgan fingerprint density at radius 1 is 1.26 bits per heavy atom. The maximum atomic E-state index is 13.0. The zero-order chi connectivity index (χ0) is 18.8. The van der Waals surface area contributed by atoms with Gasteiger partial charge in [-0.25, -0.2) is 0 Å². The standard InChI is InChI=1S/C21H22N2O4/c1-26-17-8-9-18-14(12-17)11-15(20(24)22-18)13-23(16-5-2-3-6-16)21(25)19-7-4-10-27-19/h4,7-12,16H,2-3,5-6,13H2,1H3,(H,22,24). The smallest absolute Gasteiger partial charge is 0.290 e. The third-order valence-corrected chi connectivity index (χ3v) is 5.23. The highest BCUT2D eigenvalue weighted by Gasteiger charge is 2.29. The molecule has 6 nitrogen and oxygen atoms in total. The van der Waals surface area contributed by atoms with Gasteiger partial charge in [-0.1, -0.05) is 12.8 Å². The van der Waals surface area contributed by atoms with E-state index in [0.717, 1.165) is 42.3 Å². The lowest BCUT2D eigenvalue weighted by atomic mass is 10.1. The highest BCUT2D eigenvalue weighted by Crippen LogP contribution is 2.27. The van der Waals surface area contributed by atoms with Crippen LogP contribution in [0.4, 0.5) is 0 Å². The van der Waals surface area contributed by atoms with Crippen molar-refractivity contribution in [3.05, 3.63) is 64.3 Å². The van der Waals surface area contributed by atoms with Crippen LogP contribution in [0.25, 0.3) is 10.9 Å². The van der Waals surface area contributed by atoms with E-state index in [1.165, 1.54) is 6.26 Å². The Morgan fingerprint density at radius 2 is 2.07 bits per heavy atom. The summed E-state index contributed by atoms with van der Waals surface area (Å²) in [6.45, 7) is 0.257. The average molecular weight is 366 g/mol.